The van der Waals surface area contributed by atoms with Crippen LogP contribution in [-0.4, -0.2) is 70.9 Å². The first-order valence-electron chi connectivity index (χ1n) is 11.6. The average Bonchev–Trinajstić information content (AvgIpc) is 2.88. The van der Waals surface area contributed by atoms with E-state index >= 15 is 0 Å². The Bertz CT molecular complexity index is 966. The molecule has 1 amide bonds. The van der Waals surface area contributed by atoms with Crippen LogP contribution in [0.15, 0.2) is 48.0 Å². The molecule has 4 rings (SSSR count). The zero-order chi connectivity index (χ0) is 23.0. The van der Waals surface area contributed by atoms with Crippen molar-refractivity contribution >= 4 is 17.7 Å². The van der Waals surface area contributed by atoms with Gasteiger partial charge in [0.25, 0.3) is 5.91 Å². The van der Waals surface area contributed by atoms with Crippen molar-refractivity contribution in [2.45, 2.75) is 12.8 Å². The van der Waals surface area contributed by atoms with Crippen LogP contribution in [0.1, 0.15) is 18.4 Å². The number of nitrogens with one attached hydrogen (secondary N) is 1. The van der Waals surface area contributed by atoms with Crippen LogP contribution >= 0.6 is 0 Å². The number of ether oxygens (including phenoxy) is 3. The van der Waals surface area contributed by atoms with Crippen molar-refractivity contribution in [3.05, 3.63) is 53.6 Å². The molecular weight excluding hydrogens is 418 g/mol. The number of benzene rings is 2. The fraction of sp³-hybridized carbons (Fsp3) is 0.423. The third kappa shape index (κ3) is 5.99. The summed E-state index contributed by atoms with van der Waals surface area (Å²) in [5.74, 6) is 2.36. The van der Waals surface area contributed by atoms with E-state index in [1.165, 1.54) is 5.69 Å². The number of carbonyl (C=O) groups excluding carboxylic acids is 1. The van der Waals surface area contributed by atoms with E-state index < -0.39 is 0 Å². The fourth-order valence-corrected chi connectivity index (χ4v) is 4.21. The van der Waals surface area contributed by atoms with Crippen molar-refractivity contribution in [3.8, 4) is 17.2 Å². The van der Waals surface area contributed by atoms with E-state index in [2.05, 4.69) is 27.2 Å². The predicted molar refractivity (Wildman–Crippen MR) is 130 cm³/mol. The lowest BCUT2D eigenvalue weighted by Gasteiger charge is -2.36. The number of unbranched alkanes of at least 4 members (excludes halogenated alkanes) is 1. The number of nitrogens with zero attached hydrogens (tertiary/aromatic N) is 2. The van der Waals surface area contributed by atoms with Gasteiger partial charge in [-0.1, -0.05) is 0 Å². The number of hydrogen-bond donors (Lipinski definition) is 1. The van der Waals surface area contributed by atoms with Gasteiger partial charge >= 0.3 is 0 Å². The van der Waals surface area contributed by atoms with Crippen molar-refractivity contribution in [2.75, 3.05) is 65.0 Å². The van der Waals surface area contributed by atoms with E-state index in [-0.39, 0.29) is 5.91 Å². The van der Waals surface area contributed by atoms with Crippen LogP contribution in [0.2, 0.25) is 0 Å². The van der Waals surface area contributed by atoms with Gasteiger partial charge in [0.1, 0.15) is 23.9 Å². The smallest absolute Gasteiger partial charge is 0.250 e. The lowest BCUT2D eigenvalue weighted by Crippen LogP contribution is -2.46. The first kappa shape index (κ1) is 23.0. The Labute approximate surface area is 195 Å². The Kier molecular flexibility index (Phi) is 7.73. The molecule has 0 radical (unpaired) electrons. The van der Waals surface area contributed by atoms with Gasteiger partial charge in [-0.05, 0) is 67.9 Å². The summed E-state index contributed by atoms with van der Waals surface area (Å²) in [6, 6.07) is 13.9. The zero-order valence-electron chi connectivity index (χ0n) is 19.5. The molecule has 0 saturated carbocycles. The Morgan fingerprint density at radius 2 is 1.70 bits per heavy atom. The molecular formula is C26H33N3O4. The second kappa shape index (κ2) is 11.1. The topological polar surface area (TPSA) is 63.3 Å². The standard InChI is InChI=1S/C26H33N3O4/c1-31-23-7-5-22(6-8-23)29-15-13-28(14-16-29)12-4-3-11-27-26(30)21-17-20-18-24(32-2)9-10-25(20)33-19-21/h5-10,17-18H,3-4,11-16,19H2,1-2H3,(H,27,30). The maximum absolute atomic E-state index is 12.5. The van der Waals surface area contributed by atoms with Crippen molar-refractivity contribution in [1.29, 1.82) is 0 Å². The van der Waals surface area contributed by atoms with Gasteiger partial charge in [-0.2, -0.15) is 0 Å². The van der Waals surface area contributed by atoms with Crippen LogP contribution in [0.5, 0.6) is 17.2 Å². The second-order valence-electron chi connectivity index (χ2n) is 8.35. The maximum Gasteiger partial charge on any atom is 0.250 e. The minimum Gasteiger partial charge on any atom is -0.497 e. The number of fused-ring (bicyclic) bond motifs is 1. The highest BCUT2D eigenvalue weighted by Gasteiger charge is 2.19. The summed E-state index contributed by atoms with van der Waals surface area (Å²) in [7, 11) is 3.32. The van der Waals surface area contributed by atoms with Gasteiger partial charge in [0.05, 0.1) is 19.8 Å². The molecule has 176 valence electrons. The molecule has 2 aliphatic rings. The molecule has 1 N–H and O–H groups in total. The lowest BCUT2D eigenvalue weighted by atomic mass is 10.1. The van der Waals surface area contributed by atoms with Crippen LogP contribution < -0.4 is 24.4 Å². The Hall–Kier alpha value is -3.19. The highest BCUT2D eigenvalue weighted by Crippen LogP contribution is 2.30. The highest BCUT2D eigenvalue weighted by atomic mass is 16.5. The SMILES string of the molecule is COc1ccc(N2CCN(CCCCNC(=O)C3=Cc4cc(OC)ccc4OC3)CC2)cc1. The van der Waals surface area contributed by atoms with Crippen LogP contribution in [-0.2, 0) is 4.79 Å². The number of hydrogen-bond acceptors (Lipinski definition) is 6. The number of rotatable bonds is 9. The Morgan fingerprint density at radius 1 is 0.970 bits per heavy atom. The Balaban J connectivity index is 1.14. The zero-order valence-corrected chi connectivity index (χ0v) is 19.5. The first-order valence-corrected chi connectivity index (χ1v) is 11.6. The summed E-state index contributed by atoms with van der Waals surface area (Å²) in [5.41, 5.74) is 2.77. The van der Waals surface area contributed by atoms with Gasteiger partial charge in [0.2, 0.25) is 0 Å². The molecule has 0 aromatic heterocycles. The minimum absolute atomic E-state index is 0.0587. The average molecular weight is 452 g/mol. The summed E-state index contributed by atoms with van der Waals surface area (Å²) >= 11 is 0. The second-order valence-corrected chi connectivity index (χ2v) is 8.35. The van der Waals surface area contributed by atoms with Crippen LogP contribution in [0.4, 0.5) is 5.69 Å². The third-order valence-corrected chi connectivity index (χ3v) is 6.22. The molecule has 2 aromatic rings. The highest BCUT2D eigenvalue weighted by molar-refractivity contribution is 5.99. The molecule has 0 spiro atoms. The molecule has 2 aromatic carbocycles. The molecule has 1 fully saturated rings. The summed E-state index contributed by atoms with van der Waals surface area (Å²) in [5, 5.41) is 3.03. The first-order chi connectivity index (χ1) is 16.2. The van der Waals surface area contributed by atoms with E-state index in [0.717, 1.165) is 68.4 Å². The van der Waals surface area contributed by atoms with Gasteiger partial charge in [0.15, 0.2) is 0 Å². The molecule has 33 heavy (non-hydrogen) atoms. The third-order valence-electron chi connectivity index (χ3n) is 6.22. The summed E-state index contributed by atoms with van der Waals surface area (Å²) in [6.45, 7) is 6.21. The molecule has 0 atom stereocenters. The molecule has 2 aliphatic heterocycles. The number of piperazine rings is 1. The van der Waals surface area contributed by atoms with Crippen molar-refractivity contribution in [2.24, 2.45) is 0 Å². The molecule has 7 nitrogen and oxygen atoms in total. The molecule has 2 heterocycles. The summed E-state index contributed by atoms with van der Waals surface area (Å²) in [6.07, 6.45) is 3.92. The predicted octanol–water partition coefficient (Wildman–Crippen LogP) is 3.20. The minimum atomic E-state index is -0.0587. The fourth-order valence-electron chi connectivity index (χ4n) is 4.21. The van der Waals surface area contributed by atoms with Gasteiger partial charge in [-0.15, -0.1) is 0 Å². The molecule has 7 heteroatoms. The van der Waals surface area contributed by atoms with E-state index in [0.29, 0.717) is 18.7 Å². The van der Waals surface area contributed by atoms with Crippen molar-refractivity contribution < 1.29 is 19.0 Å². The number of anilines is 1. The van der Waals surface area contributed by atoms with E-state index in [1.807, 2.05) is 36.4 Å². The largest absolute Gasteiger partial charge is 0.497 e. The summed E-state index contributed by atoms with van der Waals surface area (Å²) in [4.78, 5) is 17.4. The van der Waals surface area contributed by atoms with E-state index in [9.17, 15) is 4.79 Å². The van der Waals surface area contributed by atoms with Crippen molar-refractivity contribution in [3.63, 3.8) is 0 Å². The molecule has 0 unspecified atom stereocenters. The monoisotopic (exact) mass is 451 g/mol. The van der Waals surface area contributed by atoms with Gasteiger partial charge in [0, 0.05) is 44.0 Å². The van der Waals surface area contributed by atoms with Gasteiger partial charge in [-0.3, -0.25) is 9.69 Å². The summed E-state index contributed by atoms with van der Waals surface area (Å²) < 4.78 is 16.2. The van der Waals surface area contributed by atoms with Gasteiger partial charge in [-0.25, -0.2) is 0 Å². The molecule has 1 saturated heterocycles. The quantitative estimate of drug-likeness (QED) is 0.591. The Morgan fingerprint density at radius 3 is 2.42 bits per heavy atom. The lowest BCUT2D eigenvalue weighted by molar-refractivity contribution is -0.117. The van der Waals surface area contributed by atoms with Crippen LogP contribution in [0.3, 0.4) is 0 Å². The van der Waals surface area contributed by atoms with Gasteiger partial charge < -0.3 is 24.4 Å². The van der Waals surface area contributed by atoms with E-state index in [1.54, 1.807) is 14.2 Å². The number of amides is 1. The van der Waals surface area contributed by atoms with Crippen molar-refractivity contribution in [1.82, 2.24) is 10.2 Å². The molecule has 0 aliphatic carbocycles. The van der Waals surface area contributed by atoms with Crippen LogP contribution in [0, 0.1) is 0 Å². The number of carbonyl (C=O) groups is 1. The maximum atomic E-state index is 12.5. The van der Waals surface area contributed by atoms with E-state index in [4.69, 9.17) is 14.2 Å². The normalized spacial score (nSPS) is 15.8. The van der Waals surface area contributed by atoms with Crippen LogP contribution in [0.25, 0.3) is 6.08 Å². The molecule has 0 bridgehead atoms. The number of methoxy groups -OCH3 is 2.